The molecule has 2 aliphatic carbocycles. The maximum atomic E-state index is 2.55. The molecule has 10 aromatic carbocycles. The van der Waals surface area contributed by atoms with E-state index in [1.807, 2.05) is 0 Å². The normalized spacial score (nSPS) is 13.8. The molecule has 0 amide bonds. The first-order chi connectivity index (χ1) is 33.3. The molecule has 13 rings (SSSR count). The second-order valence-electron chi connectivity index (χ2n) is 19.6. The number of para-hydroxylation sites is 3. The summed E-state index contributed by atoms with van der Waals surface area (Å²) in [7, 11) is 0. The topological polar surface area (TPSA) is 8.17 Å². The quantitative estimate of drug-likeness (QED) is 0.155. The van der Waals surface area contributed by atoms with Crippen LogP contribution in [0.4, 0.5) is 17.1 Å². The number of benzene rings is 10. The highest BCUT2D eigenvalue weighted by Crippen LogP contribution is 2.56. The molecule has 0 saturated carbocycles. The lowest BCUT2D eigenvalue weighted by molar-refractivity contribution is 0.660. The van der Waals surface area contributed by atoms with Gasteiger partial charge in [0.1, 0.15) is 0 Å². The molecule has 324 valence electrons. The molecule has 0 atom stereocenters. The third-order valence-electron chi connectivity index (χ3n) is 15.2. The maximum Gasteiger partial charge on any atom is 0.0546 e. The lowest BCUT2D eigenvalue weighted by atomic mass is 9.81. The second kappa shape index (κ2) is 15.2. The Labute approximate surface area is 399 Å². The summed E-state index contributed by atoms with van der Waals surface area (Å²) in [5.74, 6) is 0. The Kier molecular flexibility index (Phi) is 8.95. The second-order valence-corrected chi connectivity index (χ2v) is 19.6. The lowest BCUT2D eigenvalue weighted by Crippen LogP contribution is -2.15. The molecular formula is C66H50N2. The van der Waals surface area contributed by atoms with E-state index in [-0.39, 0.29) is 10.8 Å². The van der Waals surface area contributed by atoms with Crippen LogP contribution in [0.15, 0.2) is 231 Å². The van der Waals surface area contributed by atoms with Crippen molar-refractivity contribution in [2.45, 2.75) is 38.5 Å². The highest BCUT2D eigenvalue weighted by Gasteiger charge is 2.38. The number of nitrogens with zero attached hydrogens (tertiary/aromatic N) is 2. The number of rotatable bonds is 7. The van der Waals surface area contributed by atoms with Crippen molar-refractivity contribution in [1.29, 1.82) is 0 Å². The molecule has 11 aromatic rings. The van der Waals surface area contributed by atoms with Crippen LogP contribution in [0.3, 0.4) is 0 Å². The van der Waals surface area contributed by atoms with Gasteiger partial charge in [-0.05, 0) is 121 Å². The SMILES string of the molecule is CC1(C)c2ccccc2-c2ccc(-c3cccc(N(c4ccc5c(c4)c4ccccc4n5-c4ccccc4)c4ccccc4-c4cccc5c4-c4ccccc4C5(C)C)c3-c3ccccc3)cc21. The molecular weight excluding hydrogens is 821 g/mol. The average molecular weight is 871 g/mol. The van der Waals surface area contributed by atoms with E-state index in [0.29, 0.717) is 0 Å². The highest BCUT2D eigenvalue weighted by atomic mass is 15.1. The maximum absolute atomic E-state index is 2.55. The minimum atomic E-state index is -0.130. The molecule has 1 aromatic heterocycles. The zero-order valence-electron chi connectivity index (χ0n) is 38.8. The van der Waals surface area contributed by atoms with E-state index in [1.165, 1.54) is 99.7 Å². The first-order valence-electron chi connectivity index (χ1n) is 23.9. The number of anilines is 3. The zero-order valence-corrected chi connectivity index (χ0v) is 38.8. The summed E-state index contributed by atoms with van der Waals surface area (Å²) in [5.41, 5.74) is 24.5. The van der Waals surface area contributed by atoms with Crippen molar-refractivity contribution in [2.75, 3.05) is 4.90 Å². The van der Waals surface area contributed by atoms with Crippen LogP contribution >= 0.6 is 0 Å². The van der Waals surface area contributed by atoms with Crippen LogP contribution in [-0.4, -0.2) is 4.57 Å². The van der Waals surface area contributed by atoms with Crippen LogP contribution in [0.5, 0.6) is 0 Å². The van der Waals surface area contributed by atoms with Gasteiger partial charge in [-0.15, -0.1) is 0 Å². The van der Waals surface area contributed by atoms with Gasteiger partial charge in [-0.2, -0.15) is 0 Å². The molecule has 0 unspecified atom stereocenters. The Morgan fingerprint density at radius 2 is 0.882 bits per heavy atom. The van der Waals surface area contributed by atoms with E-state index in [4.69, 9.17) is 0 Å². The highest BCUT2D eigenvalue weighted by molar-refractivity contribution is 6.11. The summed E-state index contributed by atoms with van der Waals surface area (Å²) in [4.78, 5) is 2.55. The van der Waals surface area contributed by atoms with Gasteiger partial charge in [-0.25, -0.2) is 0 Å². The van der Waals surface area contributed by atoms with Gasteiger partial charge in [0.25, 0.3) is 0 Å². The van der Waals surface area contributed by atoms with E-state index in [0.717, 1.165) is 22.7 Å². The summed E-state index contributed by atoms with van der Waals surface area (Å²) < 4.78 is 2.41. The fourth-order valence-corrected chi connectivity index (χ4v) is 12.0. The summed E-state index contributed by atoms with van der Waals surface area (Å²) in [6.07, 6.45) is 0. The number of hydrogen-bond acceptors (Lipinski definition) is 1. The van der Waals surface area contributed by atoms with Gasteiger partial charge in [-0.1, -0.05) is 204 Å². The number of aromatic nitrogens is 1. The van der Waals surface area contributed by atoms with Crippen molar-refractivity contribution in [2.24, 2.45) is 0 Å². The molecule has 2 nitrogen and oxygen atoms in total. The molecule has 1 heterocycles. The van der Waals surface area contributed by atoms with Gasteiger partial charge in [0.2, 0.25) is 0 Å². The first-order valence-corrected chi connectivity index (χ1v) is 23.9. The number of hydrogen-bond donors (Lipinski definition) is 0. The Hall–Kier alpha value is -8.20. The minimum Gasteiger partial charge on any atom is -0.309 e. The fraction of sp³-hybridized carbons (Fsp3) is 0.0909. The van der Waals surface area contributed by atoms with E-state index < -0.39 is 0 Å². The van der Waals surface area contributed by atoms with Crippen molar-refractivity contribution in [1.82, 2.24) is 4.57 Å². The molecule has 0 radical (unpaired) electrons. The van der Waals surface area contributed by atoms with Crippen molar-refractivity contribution >= 4 is 38.9 Å². The standard InChI is InChI=1S/C66H50N2/c1-65(2)56-32-16-12-28-53(56)64-52(30-19-33-57(64)65)50-26-13-17-34-59(50)68(46-38-40-61-54(42-46)51-27-14-18-35-60(51)67(61)45-23-9-6-10-24-45)62-36-20-29-47(63(62)43-21-7-5-8-22-43)44-37-39-49-48-25-11-15-31-55(48)66(3,4)58(49)41-44/h5-42H,1-4H3. The van der Waals surface area contributed by atoms with Gasteiger partial charge < -0.3 is 9.47 Å². The average Bonchev–Trinajstić information content (AvgIpc) is 3.93. The predicted molar refractivity (Wildman–Crippen MR) is 287 cm³/mol. The lowest BCUT2D eigenvalue weighted by Gasteiger charge is -2.31. The fourth-order valence-electron chi connectivity index (χ4n) is 12.0. The Balaban J connectivity index is 1.10. The summed E-state index contributed by atoms with van der Waals surface area (Å²) in [6, 6.07) is 85.8. The summed E-state index contributed by atoms with van der Waals surface area (Å²) in [6.45, 7) is 9.49. The van der Waals surface area contributed by atoms with Gasteiger partial charge in [0.15, 0.2) is 0 Å². The molecule has 0 spiro atoms. The van der Waals surface area contributed by atoms with Gasteiger partial charge >= 0.3 is 0 Å². The van der Waals surface area contributed by atoms with Crippen molar-refractivity contribution in [3.8, 4) is 61.3 Å². The predicted octanol–water partition coefficient (Wildman–Crippen LogP) is 17.9. The Bertz CT molecular complexity index is 3790. The first kappa shape index (κ1) is 40.1. The van der Waals surface area contributed by atoms with Crippen molar-refractivity contribution < 1.29 is 0 Å². The van der Waals surface area contributed by atoms with Gasteiger partial charge in [0, 0.05) is 44.1 Å². The Morgan fingerprint density at radius 1 is 0.324 bits per heavy atom. The molecule has 2 aliphatic rings. The minimum absolute atomic E-state index is 0.130. The molecule has 0 saturated heterocycles. The van der Waals surface area contributed by atoms with Crippen molar-refractivity contribution in [3.63, 3.8) is 0 Å². The summed E-state index contributed by atoms with van der Waals surface area (Å²) >= 11 is 0. The number of fused-ring (bicyclic) bond motifs is 9. The largest absolute Gasteiger partial charge is 0.309 e. The van der Waals surface area contributed by atoms with Gasteiger partial charge in [0.05, 0.1) is 22.4 Å². The molecule has 68 heavy (non-hydrogen) atoms. The van der Waals surface area contributed by atoms with E-state index in [9.17, 15) is 0 Å². The Morgan fingerprint density at radius 3 is 1.69 bits per heavy atom. The molecule has 0 aliphatic heterocycles. The van der Waals surface area contributed by atoms with Crippen LogP contribution in [0.1, 0.15) is 49.9 Å². The molecule has 0 fully saturated rings. The summed E-state index contributed by atoms with van der Waals surface area (Å²) in [5, 5.41) is 2.43. The molecule has 2 heteroatoms. The van der Waals surface area contributed by atoms with Crippen LogP contribution in [0.2, 0.25) is 0 Å². The van der Waals surface area contributed by atoms with E-state index in [1.54, 1.807) is 0 Å². The van der Waals surface area contributed by atoms with E-state index in [2.05, 4.69) is 268 Å². The third-order valence-corrected chi connectivity index (χ3v) is 15.2. The smallest absolute Gasteiger partial charge is 0.0546 e. The van der Waals surface area contributed by atoms with Crippen LogP contribution in [0.25, 0.3) is 83.1 Å². The van der Waals surface area contributed by atoms with Crippen molar-refractivity contribution in [3.05, 3.63) is 253 Å². The molecule has 0 bridgehead atoms. The van der Waals surface area contributed by atoms with Crippen LogP contribution in [-0.2, 0) is 10.8 Å². The van der Waals surface area contributed by atoms with E-state index >= 15 is 0 Å². The molecule has 0 N–H and O–H groups in total. The zero-order chi connectivity index (χ0) is 45.7. The third kappa shape index (κ3) is 5.90. The van der Waals surface area contributed by atoms with Crippen LogP contribution in [0, 0.1) is 0 Å². The van der Waals surface area contributed by atoms with Crippen LogP contribution < -0.4 is 4.90 Å². The van der Waals surface area contributed by atoms with Gasteiger partial charge in [-0.3, -0.25) is 0 Å². The monoisotopic (exact) mass is 870 g/mol.